The highest BCUT2D eigenvalue weighted by Crippen LogP contribution is 2.18. The van der Waals surface area contributed by atoms with E-state index in [0.717, 1.165) is 12.1 Å². The predicted molar refractivity (Wildman–Crippen MR) is 63.0 cm³/mol. The van der Waals surface area contributed by atoms with Gasteiger partial charge >= 0.3 is 0 Å². The second kappa shape index (κ2) is 4.86. The van der Waals surface area contributed by atoms with Crippen LogP contribution in [0.25, 0.3) is 0 Å². The number of aromatic nitrogens is 2. The Morgan fingerprint density at radius 2 is 2.29 bits per heavy atom. The zero-order valence-electron chi connectivity index (χ0n) is 9.56. The Morgan fingerprint density at radius 3 is 2.94 bits per heavy atom. The minimum absolute atomic E-state index is 0.121. The molecule has 0 atom stereocenters. The molecule has 0 aliphatic rings. The zero-order chi connectivity index (χ0) is 12.3. The number of anilines is 1. The number of nitrogens with zero attached hydrogens (tertiary/aromatic N) is 2. The summed E-state index contributed by atoms with van der Waals surface area (Å²) >= 11 is 0. The van der Waals surface area contributed by atoms with Gasteiger partial charge in [0.05, 0.1) is 11.9 Å². The van der Waals surface area contributed by atoms with Gasteiger partial charge in [-0.25, -0.2) is 4.39 Å². The van der Waals surface area contributed by atoms with Gasteiger partial charge in [0.1, 0.15) is 18.2 Å². The van der Waals surface area contributed by atoms with Crippen LogP contribution in [0.15, 0.2) is 30.6 Å². The summed E-state index contributed by atoms with van der Waals surface area (Å²) in [5.74, 6) is -0.00676. The van der Waals surface area contributed by atoms with Crippen molar-refractivity contribution in [3.05, 3.63) is 42.0 Å². The lowest BCUT2D eigenvalue weighted by Gasteiger charge is -2.05. The van der Waals surface area contributed by atoms with E-state index in [1.54, 1.807) is 12.3 Å². The fraction of sp³-hybridized carbons (Fsp3) is 0.250. The summed E-state index contributed by atoms with van der Waals surface area (Å²) in [6.45, 7) is 3.19. The molecule has 0 amide bonds. The summed E-state index contributed by atoms with van der Waals surface area (Å²) in [6.07, 6.45) is 3.63. The molecule has 17 heavy (non-hydrogen) atoms. The third-order valence-electron chi connectivity index (χ3n) is 2.39. The van der Waals surface area contributed by atoms with Crippen molar-refractivity contribution in [2.24, 2.45) is 0 Å². The number of rotatable bonds is 4. The molecule has 2 N–H and O–H groups in total. The van der Waals surface area contributed by atoms with Crippen molar-refractivity contribution >= 4 is 5.69 Å². The lowest BCUT2D eigenvalue weighted by Crippen LogP contribution is -1.97. The molecule has 0 unspecified atom stereocenters. The van der Waals surface area contributed by atoms with Crippen molar-refractivity contribution in [1.82, 2.24) is 9.78 Å². The fourth-order valence-electron chi connectivity index (χ4n) is 1.42. The zero-order valence-corrected chi connectivity index (χ0v) is 9.56. The van der Waals surface area contributed by atoms with Gasteiger partial charge in [-0.1, -0.05) is 0 Å². The summed E-state index contributed by atoms with van der Waals surface area (Å²) < 4.78 is 20.4. The number of nitrogen functional groups attached to an aromatic ring is 1. The second-order valence-corrected chi connectivity index (χ2v) is 3.68. The largest absolute Gasteiger partial charge is 0.489 e. The van der Waals surface area contributed by atoms with Crippen LogP contribution >= 0.6 is 0 Å². The highest BCUT2D eigenvalue weighted by atomic mass is 19.1. The molecule has 0 spiro atoms. The Balaban J connectivity index is 1.99. The molecule has 0 radical (unpaired) electrons. The van der Waals surface area contributed by atoms with Crippen LogP contribution in [0.4, 0.5) is 10.1 Å². The van der Waals surface area contributed by atoms with E-state index in [0.29, 0.717) is 12.4 Å². The summed E-state index contributed by atoms with van der Waals surface area (Å²) in [5, 5.41) is 4.12. The quantitative estimate of drug-likeness (QED) is 0.826. The molecule has 2 aromatic rings. The summed E-state index contributed by atoms with van der Waals surface area (Å²) in [5.41, 5.74) is 6.44. The number of halogens is 1. The lowest BCUT2D eigenvalue weighted by molar-refractivity contribution is 0.304. The van der Waals surface area contributed by atoms with Crippen LogP contribution in [0.2, 0.25) is 0 Å². The van der Waals surface area contributed by atoms with Gasteiger partial charge in [0.25, 0.3) is 0 Å². The maximum Gasteiger partial charge on any atom is 0.149 e. The summed E-state index contributed by atoms with van der Waals surface area (Å²) in [6, 6.07) is 4.41. The van der Waals surface area contributed by atoms with E-state index < -0.39 is 5.82 Å². The predicted octanol–water partition coefficient (Wildman–Crippen LogP) is 2.20. The Morgan fingerprint density at radius 1 is 1.47 bits per heavy atom. The third kappa shape index (κ3) is 2.75. The first kappa shape index (κ1) is 11.4. The van der Waals surface area contributed by atoms with Crippen LogP contribution in [-0.2, 0) is 13.2 Å². The fourth-order valence-corrected chi connectivity index (χ4v) is 1.42. The molecule has 0 aliphatic heterocycles. The highest BCUT2D eigenvalue weighted by molar-refractivity contribution is 5.43. The van der Waals surface area contributed by atoms with Crippen molar-refractivity contribution in [3.8, 4) is 5.75 Å². The highest BCUT2D eigenvalue weighted by Gasteiger charge is 2.02. The first-order chi connectivity index (χ1) is 8.19. The van der Waals surface area contributed by atoms with Gasteiger partial charge in [0.2, 0.25) is 0 Å². The van der Waals surface area contributed by atoms with Crippen LogP contribution < -0.4 is 10.5 Å². The number of benzene rings is 1. The number of hydrogen-bond acceptors (Lipinski definition) is 3. The van der Waals surface area contributed by atoms with E-state index in [2.05, 4.69) is 5.10 Å². The van der Waals surface area contributed by atoms with Crippen molar-refractivity contribution < 1.29 is 9.13 Å². The molecule has 0 saturated carbocycles. The van der Waals surface area contributed by atoms with Gasteiger partial charge < -0.3 is 10.5 Å². The smallest absolute Gasteiger partial charge is 0.149 e. The van der Waals surface area contributed by atoms with E-state index in [1.165, 1.54) is 12.1 Å². The maximum absolute atomic E-state index is 13.1. The summed E-state index contributed by atoms with van der Waals surface area (Å²) in [7, 11) is 0. The normalized spacial score (nSPS) is 10.5. The Labute approximate surface area is 98.8 Å². The molecular formula is C12H14FN3O. The van der Waals surface area contributed by atoms with Crippen LogP contribution in [-0.4, -0.2) is 9.78 Å². The molecule has 0 fully saturated rings. The number of nitrogens with two attached hydrogens (primary N) is 1. The average Bonchev–Trinajstić information content (AvgIpc) is 2.79. The second-order valence-electron chi connectivity index (χ2n) is 3.68. The Kier molecular flexibility index (Phi) is 3.27. The standard InChI is InChI=1S/C12H14FN3O/c1-2-16-7-9(6-15-16)8-17-10-3-4-12(14)11(13)5-10/h3-7H,2,8,14H2,1H3. The number of aryl methyl sites for hydroxylation is 1. The maximum atomic E-state index is 13.1. The van der Waals surface area contributed by atoms with E-state index in [-0.39, 0.29) is 5.69 Å². The van der Waals surface area contributed by atoms with Gasteiger partial charge in [-0.15, -0.1) is 0 Å². The van der Waals surface area contributed by atoms with Crippen LogP contribution in [0.1, 0.15) is 12.5 Å². The molecule has 1 aromatic heterocycles. The van der Waals surface area contributed by atoms with Crippen molar-refractivity contribution in [2.75, 3.05) is 5.73 Å². The van der Waals surface area contributed by atoms with Crippen molar-refractivity contribution in [2.45, 2.75) is 20.1 Å². The molecule has 2 rings (SSSR count). The molecule has 1 aromatic carbocycles. The molecule has 4 nitrogen and oxygen atoms in total. The summed E-state index contributed by atoms with van der Waals surface area (Å²) in [4.78, 5) is 0. The van der Waals surface area contributed by atoms with Gasteiger partial charge in [-0.2, -0.15) is 5.10 Å². The van der Waals surface area contributed by atoms with Crippen LogP contribution in [0.3, 0.4) is 0 Å². The van der Waals surface area contributed by atoms with Gasteiger partial charge in [-0.05, 0) is 19.1 Å². The molecule has 0 saturated heterocycles. The van der Waals surface area contributed by atoms with Crippen LogP contribution in [0.5, 0.6) is 5.75 Å². The SMILES string of the molecule is CCn1cc(COc2ccc(N)c(F)c2)cn1. The lowest BCUT2D eigenvalue weighted by atomic mass is 10.3. The Hall–Kier alpha value is -2.04. The van der Waals surface area contributed by atoms with E-state index >= 15 is 0 Å². The first-order valence-electron chi connectivity index (χ1n) is 5.38. The monoisotopic (exact) mass is 235 g/mol. The van der Waals surface area contributed by atoms with E-state index in [4.69, 9.17) is 10.5 Å². The minimum atomic E-state index is -0.466. The van der Waals surface area contributed by atoms with Gasteiger partial charge in [0.15, 0.2) is 0 Å². The first-order valence-corrected chi connectivity index (χ1v) is 5.38. The third-order valence-corrected chi connectivity index (χ3v) is 2.39. The van der Waals surface area contributed by atoms with Crippen molar-refractivity contribution in [1.29, 1.82) is 0 Å². The average molecular weight is 235 g/mol. The molecule has 1 heterocycles. The number of hydrogen-bond donors (Lipinski definition) is 1. The molecule has 5 heteroatoms. The van der Waals surface area contributed by atoms with Gasteiger partial charge in [-0.3, -0.25) is 4.68 Å². The molecule has 0 aliphatic carbocycles. The van der Waals surface area contributed by atoms with Crippen molar-refractivity contribution in [3.63, 3.8) is 0 Å². The topological polar surface area (TPSA) is 53.1 Å². The Bertz CT molecular complexity index is 510. The number of ether oxygens (including phenoxy) is 1. The van der Waals surface area contributed by atoms with E-state index in [1.807, 2.05) is 17.8 Å². The van der Waals surface area contributed by atoms with E-state index in [9.17, 15) is 4.39 Å². The minimum Gasteiger partial charge on any atom is -0.489 e. The molecule has 90 valence electrons. The van der Waals surface area contributed by atoms with Gasteiger partial charge in [0, 0.05) is 24.4 Å². The molecule has 0 bridgehead atoms. The van der Waals surface area contributed by atoms with Crippen LogP contribution in [0, 0.1) is 5.82 Å². The molecular weight excluding hydrogens is 221 g/mol.